The number of benzene rings is 1. The number of amides is 2. The molecule has 12 heteroatoms. The van der Waals surface area contributed by atoms with Crippen LogP contribution in [0.15, 0.2) is 41.0 Å². The van der Waals surface area contributed by atoms with Gasteiger partial charge in [-0.05, 0) is 46.3 Å². The minimum Gasteiger partial charge on any atom is -0.404 e. The average molecular weight is 503 g/mol. The van der Waals surface area contributed by atoms with Gasteiger partial charge in [-0.2, -0.15) is 0 Å². The zero-order valence-corrected chi connectivity index (χ0v) is 17.6. The third-order valence-electron chi connectivity index (χ3n) is 4.18. The molecule has 0 unspecified atom stereocenters. The predicted octanol–water partition coefficient (Wildman–Crippen LogP) is 3.27. The van der Waals surface area contributed by atoms with Crippen LogP contribution in [-0.2, 0) is 9.53 Å². The molecule has 1 aromatic heterocycles. The first-order chi connectivity index (χ1) is 14.7. The van der Waals surface area contributed by atoms with Crippen LogP contribution in [0.5, 0.6) is 5.75 Å². The number of carbonyl (C=O) groups is 2. The van der Waals surface area contributed by atoms with E-state index in [4.69, 9.17) is 4.74 Å². The molecule has 1 fully saturated rings. The van der Waals surface area contributed by atoms with Crippen LogP contribution < -0.4 is 15.4 Å². The van der Waals surface area contributed by atoms with E-state index in [1.165, 1.54) is 6.20 Å². The van der Waals surface area contributed by atoms with Gasteiger partial charge in [-0.15, -0.1) is 13.2 Å². The molecular weight excluding hydrogens is 485 g/mol. The summed E-state index contributed by atoms with van der Waals surface area (Å²) in [5.74, 6) is -1.53. The number of halogens is 4. The number of hydrogen-bond acceptors (Lipinski definition) is 6. The van der Waals surface area contributed by atoms with Crippen LogP contribution in [0.4, 0.5) is 24.7 Å². The van der Waals surface area contributed by atoms with E-state index < -0.39 is 23.9 Å². The molecule has 1 saturated heterocycles. The summed E-state index contributed by atoms with van der Waals surface area (Å²) in [4.78, 5) is 30.7. The highest BCUT2D eigenvalue weighted by molar-refractivity contribution is 9.10. The first-order valence-corrected chi connectivity index (χ1v) is 9.91. The van der Waals surface area contributed by atoms with Crippen molar-refractivity contribution in [1.29, 1.82) is 0 Å². The van der Waals surface area contributed by atoms with Gasteiger partial charge in [-0.1, -0.05) is 0 Å². The van der Waals surface area contributed by atoms with Crippen molar-refractivity contribution in [2.75, 3.05) is 43.5 Å². The monoisotopic (exact) mass is 502 g/mol. The van der Waals surface area contributed by atoms with Crippen LogP contribution in [0.25, 0.3) is 0 Å². The minimum absolute atomic E-state index is 0.0147. The number of nitrogens with zero attached hydrogens (tertiary/aromatic N) is 2. The number of alkyl halides is 3. The highest BCUT2D eigenvalue weighted by atomic mass is 79.9. The molecule has 1 aliphatic heterocycles. The Balaban J connectivity index is 1.77. The van der Waals surface area contributed by atoms with Gasteiger partial charge in [0.15, 0.2) is 5.75 Å². The zero-order valence-electron chi connectivity index (χ0n) is 16.0. The summed E-state index contributed by atoms with van der Waals surface area (Å²) in [5.41, 5.74) is -0.257. The molecule has 0 spiro atoms. The Bertz CT molecular complexity index is 935. The van der Waals surface area contributed by atoms with E-state index in [9.17, 15) is 22.8 Å². The summed E-state index contributed by atoms with van der Waals surface area (Å²) in [6.45, 7) is 1.96. The fourth-order valence-electron chi connectivity index (χ4n) is 2.77. The molecule has 0 bridgehead atoms. The number of morpholine rings is 1. The second-order valence-electron chi connectivity index (χ2n) is 6.51. The van der Waals surface area contributed by atoms with Crippen LogP contribution >= 0.6 is 15.9 Å². The Morgan fingerprint density at radius 2 is 1.90 bits per heavy atom. The molecule has 3 rings (SSSR count). The lowest BCUT2D eigenvalue weighted by Crippen LogP contribution is -2.41. The van der Waals surface area contributed by atoms with Crippen molar-refractivity contribution < 1.29 is 32.2 Å². The lowest BCUT2D eigenvalue weighted by Gasteiger charge is -2.26. The second-order valence-corrected chi connectivity index (χ2v) is 7.43. The maximum absolute atomic E-state index is 12.8. The fraction of sp³-hybridized carbons (Fsp3) is 0.316. The molecule has 31 heavy (non-hydrogen) atoms. The van der Waals surface area contributed by atoms with Gasteiger partial charge in [0, 0.05) is 29.3 Å². The van der Waals surface area contributed by atoms with Crippen molar-refractivity contribution in [1.82, 2.24) is 9.88 Å². The topological polar surface area (TPSA) is 92.8 Å². The second kappa shape index (κ2) is 10.1. The van der Waals surface area contributed by atoms with Crippen molar-refractivity contribution >= 4 is 39.2 Å². The molecule has 2 amide bonds. The van der Waals surface area contributed by atoms with Crippen LogP contribution in [-0.4, -0.2) is 60.9 Å². The molecule has 0 radical (unpaired) electrons. The van der Waals surface area contributed by atoms with Crippen molar-refractivity contribution in [2.24, 2.45) is 0 Å². The van der Waals surface area contributed by atoms with Crippen molar-refractivity contribution in [3.8, 4) is 5.75 Å². The Labute approximate surface area is 183 Å². The minimum atomic E-state index is -4.96. The lowest BCUT2D eigenvalue weighted by molar-refractivity contribution is -0.274. The van der Waals surface area contributed by atoms with Gasteiger partial charge in [0.2, 0.25) is 5.91 Å². The van der Waals surface area contributed by atoms with Crippen molar-refractivity contribution in [3.05, 3.63) is 46.6 Å². The Hall–Kier alpha value is -2.70. The van der Waals surface area contributed by atoms with E-state index in [0.29, 0.717) is 30.8 Å². The van der Waals surface area contributed by atoms with Gasteiger partial charge in [0.25, 0.3) is 5.91 Å². The van der Waals surface area contributed by atoms with Crippen LogP contribution in [0.2, 0.25) is 0 Å². The zero-order chi connectivity index (χ0) is 22.4. The Kier molecular flexibility index (Phi) is 7.46. The standard InChI is InChI=1S/C19H18BrF3N4O4/c20-13-2-4-16(24-10-13)26-18(29)12-1-3-15(31-19(21,22)23)14(9-12)25-17(28)11-27-5-7-30-8-6-27/h1-4,9-10H,5-8,11H2,(H,25,28)(H,24,26,29). The van der Waals surface area contributed by atoms with Crippen LogP contribution in [0.1, 0.15) is 10.4 Å². The quantitative estimate of drug-likeness (QED) is 0.629. The Morgan fingerprint density at radius 1 is 1.16 bits per heavy atom. The highest BCUT2D eigenvalue weighted by Gasteiger charge is 2.32. The van der Waals surface area contributed by atoms with E-state index in [1.807, 2.05) is 0 Å². The number of rotatable bonds is 6. The summed E-state index contributed by atoms with van der Waals surface area (Å²) in [5, 5.41) is 4.93. The van der Waals surface area contributed by atoms with E-state index in [2.05, 4.69) is 36.3 Å². The molecule has 1 aliphatic rings. The molecule has 0 atom stereocenters. The van der Waals surface area contributed by atoms with Gasteiger partial charge >= 0.3 is 6.36 Å². The summed E-state index contributed by atoms with van der Waals surface area (Å²) in [7, 11) is 0. The maximum Gasteiger partial charge on any atom is 0.573 e. The molecule has 8 nitrogen and oxygen atoms in total. The predicted molar refractivity (Wildman–Crippen MR) is 109 cm³/mol. The smallest absolute Gasteiger partial charge is 0.404 e. The van der Waals surface area contributed by atoms with Gasteiger partial charge < -0.3 is 20.1 Å². The molecule has 166 valence electrons. The van der Waals surface area contributed by atoms with E-state index in [-0.39, 0.29) is 23.6 Å². The molecule has 0 aliphatic carbocycles. The number of nitrogens with one attached hydrogen (secondary N) is 2. The van der Waals surface area contributed by atoms with Gasteiger partial charge in [-0.3, -0.25) is 14.5 Å². The number of hydrogen-bond donors (Lipinski definition) is 2. The van der Waals surface area contributed by atoms with Gasteiger partial charge in [0.05, 0.1) is 25.4 Å². The number of carbonyl (C=O) groups excluding carboxylic acids is 2. The van der Waals surface area contributed by atoms with Gasteiger partial charge in [-0.25, -0.2) is 4.98 Å². The number of anilines is 2. The summed E-state index contributed by atoms with van der Waals surface area (Å²) < 4.78 is 48.2. The number of aromatic nitrogens is 1. The lowest BCUT2D eigenvalue weighted by atomic mass is 10.1. The van der Waals surface area contributed by atoms with E-state index >= 15 is 0 Å². The SMILES string of the molecule is O=C(CN1CCOCC1)Nc1cc(C(=O)Nc2ccc(Br)cn2)ccc1OC(F)(F)F. The molecular formula is C19H18BrF3N4O4. The van der Waals surface area contributed by atoms with Crippen LogP contribution in [0.3, 0.4) is 0 Å². The Morgan fingerprint density at radius 3 is 2.55 bits per heavy atom. The maximum atomic E-state index is 12.8. The van der Waals surface area contributed by atoms with Gasteiger partial charge in [0.1, 0.15) is 5.82 Å². The molecule has 1 aromatic carbocycles. The van der Waals surface area contributed by atoms with Crippen molar-refractivity contribution in [3.63, 3.8) is 0 Å². The first kappa shape index (κ1) is 23.0. The van der Waals surface area contributed by atoms with Crippen LogP contribution in [0, 0.1) is 0 Å². The van der Waals surface area contributed by atoms with E-state index in [0.717, 1.165) is 18.2 Å². The summed E-state index contributed by atoms with van der Waals surface area (Å²) in [6, 6.07) is 6.47. The molecule has 2 N–H and O–H groups in total. The largest absolute Gasteiger partial charge is 0.573 e. The van der Waals surface area contributed by atoms with Crippen molar-refractivity contribution in [2.45, 2.75) is 6.36 Å². The molecule has 0 saturated carbocycles. The third kappa shape index (κ3) is 7.19. The summed E-state index contributed by atoms with van der Waals surface area (Å²) in [6.07, 6.45) is -3.48. The number of ether oxygens (including phenoxy) is 2. The van der Waals surface area contributed by atoms with E-state index in [1.54, 1.807) is 17.0 Å². The fourth-order valence-corrected chi connectivity index (χ4v) is 3.01. The average Bonchev–Trinajstić information content (AvgIpc) is 2.70. The molecule has 2 aromatic rings. The molecule has 2 heterocycles. The first-order valence-electron chi connectivity index (χ1n) is 9.12. The third-order valence-corrected chi connectivity index (χ3v) is 4.65. The normalized spacial score (nSPS) is 14.7. The number of pyridine rings is 1. The summed E-state index contributed by atoms with van der Waals surface area (Å²) >= 11 is 3.22. The highest BCUT2D eigenvalue weighted by Crippen LogP contribution is 2.31.